The van der Waals surface area contributed by atoms with Gasteiger partial charge in [0.2, 0.25) is 0 Å². The maximum atomic E-state index is 5.99. The van der Waals surface area contributed by atoms with Gasteiger partial charge in [-0.25, -0.2) is 0 Å². The number of fused-ring (bicyclic) bond motifs is 2. The zero-order valence-corrected chi connectivity index (χ0v) is 27.6. The van der Waals surface area contributed by atoms with Gasteiger partial charge in [0.1, 0.15) is 0 Å². The van der Waals surface area contributed by atoms with E-state index >= 15 is 0 Å². The molecule has 1 aliphatic rings. The van der Waals surface area contributed by atoms with Crippen molar-refractivity contribution in [3.63, 3.8) is 0 Å². The van der Waals surface area contributed by atoms with Gasteiger partial charge in [-0.3, -0.25) is 0 Å². The van der Waals surface area contributed by atoms with Crippen LogP contribution in [0.4, 0.5) is 5.69 Å². The Morgan fingerprint density at radius 2 is 1.61 bits per heavy atom. The number of hydrogen-bond acceptors (Lipinski definition) is 2. The van der Waals surface area contributed by atoms with E-state index in [-0.39, 0.29) is 5.92 Å². The van der Waals surface area contributed by atoms with Crippen LogP contribution >= 0.6 is 0 Å². The van der Waals surface area contributed by atoms with Crippen molar-refractivity contribution in [3.8, 4) is 11.1 Å². The van der Waals surface area contributed by atoms with E-state index in [2.05, 4.69) is 148 Å². The molecule has 46 heavy (non-hydrogen) atoms. The van der Waals surface area contributed by atoms with Crippen LogP contribution < -0.4 is 10.6 Å². The van der Waals surface area contributed by atoms with E-state index in [1.165, 1.54) is 38.6 Å². The van der Waals surface area contributed by atoms with Crippen molar-refractivity contribution in [3.05, 3.63) is 186 Å². The lowest BCUT2D eigenvalue weighted by Gasteiger charge is -2.29. The molecule has 5 rings (SSSR count). The van der Waals surface area contributed by atoms with Crippen LogP contribution in [-0.4, -0.2) is 0 Å². The Hall–Kier alpha value is -5.34. The molecular formula is C44H44N2. The lowest BCUT2D eigenvalue weighted by molar-refractivity contribution is 0.826. The monoisotopic (exact) mass is 600 g/mol. The summed E-state index contributed by atoms with van der Waals surface area (Å²) in [7, 11) is 0. The highest BCUT2D eigenvalue weighted by molar-refractivity contribution is 6.04. The van der Waals surface area contributed by atoms with Crippen molar-refractivity contribution in [1.82, 2.24) is 0 Å². The quantitative estimate of drug-likeness (QED) is 0.194. The Balaban J connectivity index is 1.75. The minimum atomic E-state index is 0.154. The molecule has 2 heteroatoms. The molecule has 4 aromatic carbocycles. The van der Waals surface area contributed by atoms with Gasteiger partial charge in [0.25, 0.3) is 0 Å². The number of rotatable bonds is 9. The van der Waals surface area contributed by atoms with E-state index in [1.54, 1.807) is 6.20 Å². The maximum Gasteiger partial charge on any atom is 0.0465 e. The summed E-state index contributed by atoms with van der Waals surface area (Å²) in [6.07, 6.45) is 14.7. The van der Waals surface area contributed by atoms with Crippen LogP contribution in [0.2, 0.25) is 0 Å². The van der Waals surface area contributed by atoms with E-state index < -0.39 is 0 Å². The molecule has 1 aliphatic heterocycles. The van der Waals surface area contributed by atoms with Crippen LogP contribution in [0.25, 0.3) is 33.2 Å². The summed E-state index contributed by atoms with van der Waals surface area (Å²) >= 11 is 0. The molecule has 0 saturated carbocycles. The SMILES string of the molecule is C=C/C=C(\C=C/C)c1ccc(-c2ccc3c(c2)C(C)C(CC)=C(/C=C(C)/C(C=C)=C/N)N(c2ccccc2)C3=C)c2ccccc12. The van der Waals surface area contributed by atoms with Crippen molar-refractivity contribution in [1.29, 1.82) is 0 Å². The largest absolute Gasteiger partial charge is 0.404 e. The standard InChI is InChI=1S/C44H44N2/c1-8-17-34(18-9-2)39-25-26-40(42-22-16-15-21-41(39)42)35-23-24-38-32(7)46(36-19-13-12-14-20-36)44(27-30(5)33(10-3)29-45)37(11-4)31(6)43(38)28-35/h8-10,12-29,31H,1,3,7,11,45H2,2,4-6H3/b18-9-,30-27+,33-29+,34-17+. The molecule has 0 amide bonds. The van der Waals surface area contributed by atoms with Crippen LogP contribution in [0.5, 0.6) is 0 Å². The fourth-order valence-electron chi connectivity index (χ4n) is 6.68. The zero-order chi connectivity index (χ0) is 32.8. The topological polar surface area (TPSA) is 29.3 Å². The second-order valence-electron chi connectivity index (χ2n) is 11.6. The average molecular weight is 601 g/mol. The zero-order valence-electron chi connectivity index (χ0n) is 27.6. The van der Waals surface area contributed by atoms with Crippen LogP contribution in [-0.2, 0) is 0 Å². The smallest absolute Gasteiger partial charge is 0.0465 e. The predicted octanol–water partition coefficient (Wildman–Crippen LogP) is 11.9. The van der Waals surface area contributed by atoms with E-state index in [4.69, 9.17) is 12.3 Å². The normalized spacial score (nSPS) is 16.2. The molecule has 0 bridgehead atoms. The van der Waals surface area contributed by atoms with Gasteiger partial charge in [0.05, 0.1) is 0 Å². The summed E-state index contributed by atoms with van der Waals surface area (Å²) in [6, 6.07) is 30.6. The molecule has 0 aromatic heterocycles. The van der Waals surface area contributed by atoms with E-state index in [0.717, 1.165) is 45.8 Å². The second kappa shape index (κ2) is 14.2. The van der Waals surface area contributed by atoms with Gasteiger partial charge in [-0.15, -0.1) is 0 Å². The number of nitrogens with zero attached hydrogens (tertiary/aromatic N) is 1. The van der Waals surface area contributed by atoms with Crippen LogP contribution in [0, 0.1) is 0 Å². The van der Waals surface area contributed by atoms with Crippen molar-refractivity contribution in [2.24, 2.45) is 5.73 Å². The fraction of sp³-hybridized carbons (Fsp3) is 0.136. The summed E-state index contributed by atoms with van der Waals surface area (Å²) in [6.45, 7) is 21.4. The highest BCUT2D eigenvalue weighted by Gasteiger charge is 2.29. The van der Waals surface area contributed by atoms with Crippen molar-refractivity contribution in [2.75, 3.05) is 4.90 Å². The number of allylic oxidation sites excluding steroid dienone is 10. The molecule has 2 nitrogen and oxygen atoms in total. The molecule has 2 N–H and O–H groups in total. The van der Waals surface area contributed by atoms with E-state index in [9.17, 15) is 0 Å². The lowest BCUT2D eigenvalue weighted by Crippen LogP contribution is -2.20. The molecule has 1 atom stereocenters. The molecule has 1 heterocycles. The van der Waals surface area contributed by atoms with Gasteiger partial charge in [-0.1, -0.05) is 131 Å². The van der Waals surface area contributed by atoms with Crippen molar-refractivity contribution in [2.45, 2.75) is 40.0 Å². The third kappa shape index (κ3) is 5.99. The van der Waals surface area contributed by atoms with E-state index in [0.29, 0.717) is 0 Å². The number of nitrogens with two attached hydrogens (primary N) is 1. The number of benzene rings is 4. The Morgan fingerprint density at radius 3 is 2.26 bits per heavy atom. The second-order valence-corrected chi connectivity index (χ2v) is 11.6. The summed E-state index contributed by atoms with van der Waals surface area (Å²) in [5.41, 5.74) is 19.6. The van der Waals surface area contributed by atoms with Gasteiger partial charge >= 0.3 is 0 Å². The predicted molar refractivity (Wildman–Crippen MR) is 202 cm³/mol. The first-order chi connectivity index (χ1) is 22.4. The van der Waals surface area contributed by atoms with Gasteiger partial charge in [0, 0.05) is 34.8 Å². The van der Waals surface area contributed by atoms with Gasteiger partial charge in [-0.2, -0.15) is 0 Å². The summed E-state index contributed by atoms with van der Waals surface area (Å²) in [5.74, 6) is 0.154. The summed E-state index contributed by atoms with van der Waals surface area (Å²) < 4.78 is 0. The Bertz CT molecular complexity index is 1960. The highest BCUT2D eigenvalue weighted by atomic mass is 15.2. The first-order valence-electron chi connectivity index (χ1n) is 16.0. The number of hydrogen-bond donors (Lipinski definition) is 1. The molecular weight excluding hydrogens is 556 g/mol. The van der Waals surface area contributed by atoms with Crippen molar-refractivity contribution < 1.29 is 0 Å². The van der Waals surface area contributed by atoms with Crippen LogP contribution in [0.1, 0.15) is 56.7 Å². The average Bonchev–Trinajstić information content (AvgIpc) is 3.16. The van der Waals surface area contributed by atoms with Crippen LogP contribution in [0.3, 0.4) is 0 Å². The summed E-state index contributed by atoms with van der Waals surface area (Å²) in [5, 5.41) is 2.44. The number of para-hydroxylation sites is 1. The van der Waals surface area contributed by atoms with Gasteiger partial charge in [0.15, 0.2) is 0 Å². The Morgan fingerprint density at radius 1 is 0.913 bits per heavy atom. The fourth-order valence-corrected chi connectivity index (χ4v) is 6.68. The lowest BCUT2D eigenvalue weighted by atomic mass is 9.84. The number of anilines is 1. The summed E-state index contributed by atoms with van der Waals surface area (Å²) in [4.78, 5) is 2.31. The first-order valence-corrected chi connectivity index (χ1v) is 16.0. The molecule has 0 saturated heterocycles. The Kier molecular flexibility index (Phi) is 9.88. The highest BCUT2D eigenvalue weighted by Crippen LogP contribution is 2.45. The molecule has 0 aliphatic carbocycles. The van der Waals surface area contributed by atoms with Gasteiger partial charge < -0.3 is 10.6 Å². The maximum absolute atomic E-state index is 5.99. The molecule has 230 valence electrons. The molecule has 0 fully saturated rings. The third-order valence-corrected chi connectivity index (χ3v) is 8.98. The molecule has 0 spiro atoms. The third-order valence-electron chi connectivity index (χ3n) is 8.98. The van der Waals surface area contributed by atoms with Crippen molar-refractivity contribution >= 4 is 27.7 Å². The Labute approximate surface area is 275 Å². The molecule has 1 unspecified atom stereocenters. The minimum absolute atomic E-state index is 0.154. The van der Waals surface area contributed by atoms with Gasteiger partial charge in [-0.05, 0) is 99.9 Å². The minimum Gasteiger partial charge on any atom is -0.404 e. The molecule has 0 radical (unpaired) electrons. The molecule has 4 aromatic rings. The first kappa shape index (κ1) is 32.1. The van der Waals surface area contributed by atoms with E-state index in [1.807, 2.05) is 19.1 Å². The van der Waals surface area contributed by atoms with Crippen LogP contribution in [0.15, 0.2) is 170 Å².